The van der Waals surface area contributed by atoms with Crippen molar-refractivity contribution >= 4 is 40.2 Å². The number of carbonyl (C=O) groups is 1. The highest BCUT2D eigenvalue weighted by atomic mass is 35.5. The Labute approximate surface area is 128 Å². The van der Waals surface area contributed by atoms with Crippen LogP contribution in [-0.4, -0.2) is 27.7 Å². The predicted octanol–water partition coefficient (Wildman–Crippen LogP) is 3.71. The van der Waals surface area contributed by atoms with E-state index in [-0.39, 0.29) is 17.1 Å². The van der Waals surface area contributed by atoms with Gasteiger partial charge in [-0.25, -0.2) is 4.79 Å². The Hall–Kier alpha value is -1.87. The van der Waals surface area contributed by atoms with E-state index in [4.69, 9.17) is 11.6 Å². The molecule has 21 heavy (non-hydrogen) atoms. The van der Waals surface area contributed by atoms with Crippen LogP contribution in [0.25, 0.3) is 10.8 Å². The Bertz CT molecular complexity index is 778. The fourth-order valence-corrected chi connectivity index (χ4v) is 3.23. The number of amides is 1. The summed E-state index contributed by atoms with van der Waals surface area (Å²) >= 11 is 5.69. The molecule has 0 radical (unpaired) electrons. The predicted molar refractivity (Wildman–Crippen MR) is 85.0 cm³/mol. The van der Waals surface area contributed by atoms with Gasteiger partial charge in [0.15, 0.2) is 6.21 Å². The smallest absolute Gasteiger partial charge is 0.393 e. The summed E-state index contributed by atoms with van der Waals surface area (Å²) in [5.74, 6) is 0.570. The molecule has 3 rings (SSSR count). The van der Waals surface area contributed by atoms with Crippen LogP contribution < -0.4 is 0 Å². The molecular weight excluding hydrogens is 286 g/mol. The number of carbonyl (C=O) groups excluding carboxylic acids is 1. The van der Waals surface area contributed by atoms with Crippen LogP contribution in [0.5, 0.6) is 5.75 Å². The van der Waals surface area contributed by atoms with Crippen LogP contribution in [0.15, 0.2) is 30.3 Å². The molecule has 2 aromatic carbocycles. The Morgan fingerprint density at radius 2 is 2.00 bits per heavy atom. The number of fused-ring (bicyclic) bond motifs is 3. The first kappa shape index (κ1) is 14.1. The van der Waals surface area contributed by atoms with Crippen molar-refractivity contribution in [1.29, 1.82) is 0 Å². The minimum absolute atomic E-state index is 0.00340. The lowest BCUT2D eigenvalue weighted by Crippen LogP contribution is -2.20. The molecule has 0 saturated carbocycles. The van der Waals surface area contributed by atoms with E-state index >= 15 is 0 Å². The molecule has 1 aliphatic rings. The lowest BCUT2D eigenvalue weighted by Gasteiger charge is -2.14. The van der Waals surface area contributed by atoms with Crippen LogP contribution in [0, 0.1) is 0 Å². The molecule has 1 aliphatic heterocycles. The lowest BCUT2D eigenvalue weighted by molar-refractivity contribution is -0.360. The minimum Gasteiger partial charge on any atom is -0.507 e. The average Bonchev–Trinajstić information content (AvgIpc) is 2.72. The Morgan fingerprint density at radius 3 is 2.71 bits per heavy atom. The maximum absolute atomic E-state index is 12.3. The summed E-state index contributed by atoms with van der Waals surface area (Å²) in [5.41, 5.74) is 1.68. The summed E-state index contributed by atoms with van der Waals surface area (Å²) in [7, 11) is 0. The van der Waals surface area contributed by atoms with E-state index in [1.54, 1.807) is 10.6 Å². The normalized spacial score (nSPS) is 15.9. The van der Waals surface area contributed by atoms with Crippen molar-refractivity contribution in [3.8, 4) is 5.75 Å². The third-order valence-corrected chi connectivity index (χ3v) is 4.14. The zero-order chi connectivity index (χ0) is 15.2. The molecule has 2 aromatic rings. The zero-order valence-corrected chi connectivity index (χ0v) is 12.8. The molecule has 1 amide bonds. The monoisotopic (exact) mass is 302 g/mol. The molecule has 0 aliphatic carbocycles. The number of aromatic hydroxyl groups is 1. The molecule has 0 atom stereocenters. The lowest BCUT2D eigenvalue weighted by atomic mass is 9.83. The molecule has 0 saturated heterocycles. The Morgan fingerprint density at radius 1 is 1.24 bits per heavy atom. The highest BCUT2D eigenvalue weighted by Crippen LogP contribution is 2.43. The first-order valence-electron chi connectivity index (χ1n) is 6.95. The summed E-state index contributed by atoms with van der Waals surface area (Å²) in [6.07, 6.45) is 2.25. The molecule has 0 spiro atoms. The molecule has 0 fully saturated rings. The highest BCUT2D eigenvalue weighted by Gasteiger charge is 2.41. The van der Waals surface area contributed by atoms with Gasteiger partial charge in [-0.15, -0.1) is 16.2 Å². The van der Waals surface area contributed by atoms with Crippen LogP contribution in [0.1, 0.15) is 25.8 Å². The largest absolute Gasteiger partial charge is 0.507 e. The zero-order valence-electron chi connectivity index (χ0n) is 12.1. The minimum atomic E-state index is -0.273. The number of phenolic OH excluding ortho intramolecular Hbond substituents is 1. The SMILES string of the molecule is CC1(C)C=[N+](C(=O)CCCl)c2ccc3c(O)cccc3c21. The summed E-state index contributed by atoms with van der Waals surface area (Å²) < 4.78 is 1.70. The third-order valence-electron chi connectivity index (χ3n) is 3.95. The van der Waals surface area contributed by atoms with Gasteiger partial charge in [0.2, 0.25) is 5.69 Å². The average molecular weight is 303 g/mol. The first-order chi connectivity index (χ1) is 9.95. The fraction of sp³-hybridized carbons (Fsp3) is 0.294. The summed E-state index contributed by atoms with van der Waals surface area (Å²) in [5, 5.41) is 11.8. The van der Waals surface area contributed by atoms with Crippen molar-refractivity contribution in [3.05, 3.63) is 35.9 Å². The van der Waals surface area contributed by atoms with Crippen LogP contribution in [0.2, 0.25) is 0 Å². The van der Waals surface area contributed by atoms with Gasteiger partial charge >= 0.3 is 5.91 Å². The van der Waals surface area contributed by atoms with E-state index < -0.39 is 0 Å². The summed E-state index contributed by atoms with van der Waals surface area (Å²) in [6, 6.07) is 9.25. The number of halogens is 1. The van der Waals surface area contributed by atoms with E-state index in [0.717, 1.165) is 22.0 Å². The van der Waals surface area contributed by atoms with Crippen molar-refractivity contribution in [3.63, 3.8) is 0 Å². The molecule has 0 unspecified atom stereocenters. The van der Waals surface area contributed by atoms with Gasteiger partial charge in [-0.1, -0.05) is 12.1 Å². The number of benzene rings is 2. The van der Waals surface area contributed by atoms with Crippen LogP contribution >= 0.6 is 11.6 Å². The number of hydrogen-bond acceptors (Lipinski definition) is 2. The number of phenols is 1. The standard InChI is InChI=1S/C17H16ClNO2/c1-17(2)10-19(15(21)8-9-18)13-7-6-11-12(16(13)17)4-3-5-14(11)20/h3-7,10H,8-9H2,1-2H3/p+1. The Balaban J connectivity index is 2.28. The molecule has 1 N–H and O–H groups in total. The quantitative estimate of drug-likeness (QED) is 0.678. The molecule has 0 bridgehead atoms. The second kappa shape index (κ2) is 4.85. The maximum atomic E-state index is 12.3. The maximum Gasteiger partial charge on any atom is 0.393 e. The van der Waals surface area contributed by atoms with Crippen molar-refractivity contribution in [2.45, 2.75) is 25.7 Å². The van der Waals surface area contributed by atoms with Crippen LogP contribution in [-0.2, 0) is 10.2 Å². The van der Waals surface area contributed by atoms with Gasteiger partial charge in [0.25, 0.3) is 0 Å². The molecule has 1 heterocycles. The number of hydrogen-bond donors (Lipinski definition) is 1. The van der Waals surface area contributed by atoms with Crippen molar-refractivity contribution in [1.82, 2.24) is 0 Å². The fourth-order valence-electron chi connectivity index (χ4n) is 3.07. The molecule has 4 heteroatoms. The first-order valence-corrected chi connectivity index (χ1v) is 7.48. The molecule has 0 aromatic heterocycles. The van der Waals surface area contributed by atoms with Crippen LogP contribution in [0.3, 0.4) is 0 Å². The van der Waals surface area contributed by atoms with Gasteiger partial charge in [0.05, 0.1) is 11.8 Å². The van der Waals surface area contributed by atoms with Gasteiger partial charge in [0, 0.05) is 22.9 Å². The number of nitrogens with zero attached hydrogens (tertiary/aromatic N) is 1. The molecule has 3 nitrogen and oxygen atoms in total. The van der Waals surface area contributed by atoms with Crippen LogP contribution in [0.4, 0.5) is 5.69 Å². The number of alkyl halides is 1. The van der Waals surface area contributed by atoms with Gasteiger partial charge in [-0.3, -0.25) is 0 Å². The van der Waals surface area contributed by atoms with Gasteiger partial charge in [0.1, 0.15) is 5.75 Å². The van der Waals surface area contributed by atoms with Crippen molar-refractivity contribution in [2.75, 3.05) is 5.88 Å². The summed E-state index contributed by atoms with van der Waals surface area (Å²) in [6.45, 7) is 4.15. The second-order valence-electron chi connectivity index (χ2n) is 5.89. The second-order valence-corrected chi connectivity index (χ2v) is 6.26. The summed E-state index contributed by atoms with van der Waals surface area (Å²) in [4.78, 5) is 12.3. The number of rotatable bonds is 2. The highest BCUT2D eigenvalue weighted by molar-refractivity contribution is 6.18. The van der Waals surface area contributed by atoms with Gasteiger partial charge < -0.3 is 5.11 Å². The van der Waals surface area contributed by atoms with E-state index in [2.05, 4.69) is 13.8 Å². The topological polar surface area (TPSA) is 40.3 Å². The van der Waals surface area contributed by atoms with Gasteiger partial charge in [-0.05, 0) is 31.4 Å². The van der Waals surface area contributed by atoms with E-state index in [9.17, 15) is 9.90 Å². The molecular formula is C17H17ClNO2+. The third kappa shape index (κ3) is 2.12. The van der Waals surface area contributed by atoms with Crippen molar-refractivity contribution < 1.29 is 14.5 Å². The van der Waals surface area contributed by atoms with Gasteiger partial charge in [-0.2, -0.15) is 0 Å². The van der Waals surface area contributed by atoms with E-state index in [1.165, 1.54) is 0 Å². The van der Waals surface area contributed by atoms with Crippen molar-refractivity contribution in [2.24, 2.45) is 0 Å². The van der Waals surface area contributed by atoms with E-state index in [1.807, 2.05) is 30.5 Å². The Kier molecular flexibility index (Phi) is 3.25. The van der Waals surface area contributed by atoms with E-state index in [0.29, 0.717) is 12.3 Å². The molecule has 108 valence electrons.